The molecule has 0 amide bonds. The average molecular weight is 1360 g/mol. The first-order valence-electron chi connectivity index (χ1n) is 48.7. The van der Waals surface area contributed by atoms with Crippen LogP contribution in [0.2, 0.25) is 0 Å². The Morgan fingerprint density at radius 1 is 0.221 bits per heavy atom. The largest absolute Gasteiger partial charge is 0.0616 e. The summed E-state index contributed by atoms with van der Waals surface area (Å²) >= 11 is 0. The van der Waals surface area contributed by atoms with E-state index >= 15 is 0 Å². The average Bonchev–Trinajstić information content (AvgIpc) is 0.677. The molecule has 51 aliphatic rings. The van der Waals surface area contributed by atoms with Gasteiger partial charge in [-0.25, -0.2) is 0 Å². The predicted molar refractivity (Wildman–Crippen MR) is 381 cm³/mol. The van der Waals surface area contributed by atoms with E-state index in [9.17, 15) is 0 Å². The first kappa shape index (κ1) is 46.5. The standard InChI is InChI=1S/C104H108/c1-35-41-40-30-31-71(40)73(39-28-27-29-39)54(11)48-72-34-70(32-33-70)38(4)53(72,10)58(15)62(19)64(21)66(23)65(22)63(20)60(17)56(13)49(5,6)55(12)59(16)61(18)57(14)50(7)36(2)42-43-37(3)52(9)76(43)75(42,50)89(57)87(61)77(59)44-45-47-46(44)79(87)98(76,89)82(52)68(25)67(24)69(26)83-51(35,8)74(41,71)97(73,83)84(54)81(48)86(58,72)90(62)92(64)93(66)91(65)88(63,78(45,60)85(55,56)77)80(47)99(79,82)95(68)94(67)96(69)102(83,84)101(81,90)104(92,96)103(93,94)100(80,91)95/h35-48H,27-34H2,1-26H3. The maximum Gasteiger partial charge on any atom is -0.0000813 e. The van der Waals surface area contributed by atoms with E-state index in [1.165, 1.54) is 11.8 Å². The van der Waals surface area contributed by atoms with Crippen molar-refractivity contribution in [3.05, 3.63) is 75.8 Å². The van der Waals surface area contributed by atoms with E-state index in [0.29, 0.717) is 244 Å². The third kappa shape index (κ3) is 1.10. The lowest BCUT2D eigenvalue weighted by atomic mass is 8.33. The number of hydrogen-bond acceptors (Lipinski definition) is 0. The summed E-state index contributed by atoms with van der Waals surface area (Å²) in [7, 11) is 0. The van der Waals surface area contributed by atoms with Crippen LogP contribution in [-0.2, 0) is 0 Å². The molecule has 67 unspecified atom stereocenters. The van der Waals surface area contributed by atoms with E-state index in [1.807, 2.05) is 0 Å². The lowest BCUT2D eigenvalue weighted by molar-refractivity contribution is -1.06. The Hall–Kier alpha value is 0. The first-order valence-corrected chi connectivity index (χ1v) is 48.7. The van der Waals surface area contributed by atoms with Crippen LogP contribution >= 0.6 is 0 Å². The second kappa shape index (κ2) is 7.19. The molecule has 0 aromatic carbocycles. The molecule has 0 radical (unpaired) electrons. The second-order valence-corrected chi connectivity index (χ2v) is 63.0. The molecule has 34 spiro atoms. The quantitative estimate of drug-likeness (QED) is 0.245. The topological polar surface area (TPSA) is 0 Å². The summed E-state index contributed by atoms with van der Waals surface area (Å²) in [6, 6.07) is 0. The fourth-order valence-corrected chi connectivity index (χ4v) is 98.4. The van der Waals surface area contributed by atoms with Crippen LogP contribution in [0.15, 0.2) is 0 Å². The van der Waals surface area contributed by atoms with Crippen LogP contribution in [0.5, 0.6) is 0 Å². The predicted octanol–water partition coefficient (Wildman–Crippen LogP) is 19.3. The molecule has 0 aromatic heterocycles. The van der Waals surface area contributed by atoms with Crippen molar-refractivity contribution in [1.29, 1.82) is 0 Å². The third-order valence-electron chi connectivity index (χ3n) is 82.7. The minimum atomic E-state index is 0.359. The molecule has 104 heavy (non-hydrogen) atoms. The third-order valence-corrected chi connectivity index (χ3v) is 82.7. The normalized spacial score (nSPS) is 118. The number of fused-ring (bicyclic) bond motifs is 18. The number of rotatable bonds is 1. The van der Waals surface area contributed by atoms with Crippen LogP contribution in [-0.4, -0.2) is 0 Å². The first-order chi connectivity index (χ1) is 48.7. The molecule has 0 heterocycles. The van der Waals surface area contributed by atoms with E-state index < -0.39 is 0 Å². The van der Waals surface area contributed by atoms with Gasteiger partial charge in [-0.05, 0) is 431 Å². The molecule has 0 bridgehead atoms. The van der Waals surface area contributed by atoms with Crippen molar-refractivity contribution in [1.82, 2.24) is 0 Å². The molecule has 0 heteroatoms. The fraction of sp³-hybridized carbons (Fsp3) is 1.00. The highest BCUT2D eigenvalue weighted by Gasteiger charge is 3.75. The zero-order valence-corrected chi connectivity index (χ0v) is 67.7. The molecule has 51 aliphatic carbocycles. The van der Waals surface area contributed by atoms with Crippen LogP contribution in [0, 0.1) is 386 Å². The highest BCUT2D eigenvalue weighted by Crippen LogP contribution is 3.79. The molecule has 0 N–H and O–H groups in total. The summed E-state index contributed by atoms with van der Waals surface area (Å²) in [5, 5.41) is 0. The molecule has 524 valence electrons. The summed E-state index contributed by atoms with van der Waals surface area (Å²) in [6.45, 7) is 88.9. The Balaban J connectivity index is 0.674. The lowest BCUT2D eigenvalue weighted by Crippen LogP contribution is -3.65. The lowest BCUT2D eigenvalue weighted by Gasteiger charge is -3.69. The van der Waals surface area contributed by atoms with Crippen molar-refractivity contribution in [3.63, 3.8) is 0 Å². The van der Waals surface area contributed by atoms with Gasteiger partial charge in [0.05, 0.1) is 0 Å². The summed E-state index contributed by atoms with van der Waals surface area (Å²) in [4.78, 5) is 0. The van der Waals surface area contributed by atoms with Gasteiger partial charge in [-0.2, -0.15) is 0 Å². The van der Waals surface area contributed by atoms with Gasteiger partial charge < -0.3 is 0 Å². The fourth-order valence-electron chi connectivity index (χ4n) is 98.4. The summed E-state index contributed by atoms with van der Waals surface area (Å²) in [5.74, 6) is 15.3. The van der Waals surface area contributed by atoms with E-state index in [1.54, 1.807) is 51.4 Å². The molecule has 51 fully saturated rings. The van der Waals surface area contributed by atoms with E-state index in [-0.39, 0.29) is 0 Å². The minimum Gasteiger partial charge on any atom is -0.0616 e. The van der Waals surface area contributed by atoms with Gasteiger partial charge in [0.2, 0.25) is 0 Å². The van der Waals surface area contributed by atoms with E-state index in [4.69, 9.17) is 0 Å². The summed E-state index contributed by atoms with van der Waals surface area (Å²) in [5.41, 5.74) is 35.0. The van der Waals surface area contributed by atoms with Crippen molar-refractivity contribution in [2.45, 2.75) is 231 Å². The highest BCUT2D eigenvalue weighted by molar-refractivity contribution is 6.59. The van der Waals surface area contributed by atoms with Gasteiger partial charge in [0.1, 0.15) is 0 Å². The van der Waals surface area contributed by atoms with Crippen molar-refractivity contribution >= 4 is 0 Å². The van der Waals surface area contributed by atoms with Gasteiger partial charge >= 0.3 is 0 Å². The zero-order chi connectivity index (χ0) is 67.7. The molecule has 0 aromatic rings. The van der Waals surface area contributed by atoms with Crippen LogP contribution < -0.4 is 0 Å². The van der Waals surface area contributed by atoms with Gasteiger partial charge in [0.25, 0.3) is 0 Å². The van der Waals surface area contributed by atoms with Crippen molar-refractivity contribution < 1.29 is 0 Å². The monoisotopic (exact) mass is 1360 g/mol. The van der Waals surface area contributed by atoms with Gasteiger partial charge in [-0.15, -0.1) is 0 Å². The molecular formula is C104H108. The second-order valence-electron chi connectivity index (χ2n) is 63.0. The Labute approximate surface area is 613 Å². The van der Waals surface area contributed by atoms with Crippen LogP contribution in [0.25, 0.3) is 0 Å². The molecule has 67 atom stereocenters. The van der Waals surface area contributed by atoms with Crippen LogP contribution in [0.4, 0.5) is 0 Å². The molecule has 51 saturated carbocycles. The van der Waals surface area contributed by atoms with Gasteiger partial charge in [0.15, 0.2) is 0 Å². The van der Waals surface area contributed by atoms with Crippen LogP contribution in [0.3, 0.4) is 0 Å². The zero-order valence-electron chi connectivity index (χ0n) is 67.7. The maximum absolute atomic E-state index is 3.73. The molecule has 51 rings (SSSR count). The maximum atomic E-state index is 3.73. The van der Waals surface area contributed by atoms with Gasteiger partial charge in [-0.3, -0.25) is 0 Å². The smallest absolute Gasteiger partial charge is 0.0000813 e. The Kier molecular flexibility index (Phi) is 3.22. The summed E-state index contributed by atoms with van der Waals surface area (Å²) in [6.07, 6.45) is 13.5. The van der Waals surface area contributed by atoms with Crippen LogP contribution in [0.1, 0.15) is 231 Å². The Bertz CT molecular complexity index is 6620. The van der Waals surface area contributed by atoms with Crippen molar-refractivity contribution in [2.75, 3.05) is 0 Å². The minimum absolute atomic E-state index is 0.359. The molecule has 0 nitrogen and oxygen atoms in total. The van der Waals surface area contributed by atoms with E-state index in [2.05, 4.69) is 180 Å². The van der Waals surface area contributed by atoms with E-state index in [0.717, 1.165) is 131 Å². The van der Waals surface area contributed by atoms with Gasteiger partial charge in [0, 0.05) is 0 Å². The van der Waals surface area contributed by atoms with Crippen molar-refractivity contribution in [3.8, 4) is 0 Å². The number of hydrogen-bond donors (Lipinski definition) is 0. The molecule has 0 saturated heterocycles. The molecular weight excluding hydrogens is 1250 g/mol. The highest BCUT2D eigenvalue weighted by atomic mass is 15.8. The Morgan fingerprint density at radius 2 is 0.635 bits per heavy atom. The van der Waals surface area contributed by atoms with Gasteiger partial charge in [-0.1, -0.05) is 186 Å². The van der Waals surface area contributed by atoms with Crippen molar-refractivity contribution in [2.24, 2.45) is 310 Å². The SMILES string of the molecule is CC1C2(CC2)CC23C4C5(C)C6(C7CCC7)C78CCC7C7C(C)C9(C)C78C67C96C8(C)C9(C)C%10(C)C%11%12C%13(C)C(C)C%14C%15C(C)C%16(C)C%17(C)C%18(C)C%19(C)C%20(C)C(C)(C)C%21(C)C%22(C)C%23(C)C%24(C)C%25(C)C%26(C)C%27(C)C(C)(C12C)C31C42C57C63C84C95C%106C%117C89C%10C%11C%28C%10C7%10C%23(C%28%22C%20%21C%11%19C%188C%177C%15%16C%14%13C9%127)C%247C%258C%269C%271C23C94C85C%1076. The summed E-state index contributed by atoms with van der Waals surface area (Å²) < 4.78 is 0. The molecule has 0 aliphatic heterocycles. The Morgan fingerprint density at radius 3 is 1.20 bits per heavy atom.